The Kier molecular flexibility index (Phi) is 6.35. The van der Waals surface area contributed by atoms with Gasteiger partial charge >= 0.3 is 5.97 Å². The van der Waals surface area contributed by atoms with Crippen LogP contribution < -0.4 is 10.1 Å². The maximum Gasteiger partial charge on any atom is 0.345 e. The molecule has 0 aromatic heterocycles. The van der Waals surface area contributed by atoms with Crippen LogP contribution in [0.1, 0.15) is 18.5 Å². The number of alkyl halides is 2. The summed E-state index contributed by atoms with van der Waals surface area (Å²) in [6.07, 6.45) is 0. The van der Waals surface area contributed by atoms with Crippen molar-refractivity contribution in [3.8, 4) is 5.75 Å². The van der Waals surface area contributed by atoms with Crippen LogP contribution in [-0.2, 0) is 9.53 Å². The lowest BCUT2D eigenvalue weighted by atomic mass is 10.0. The number of benzene rings is 2. The van der Waals surface area contributed by atoms with Crippen LogP contribution in [0.4, 0.5) is 5.69 Å². The molecule has 0 aliphatic heterocycles. The number of esters is 1. The standard InChI is InChI=1S/C18H19Cl2NO3/c1-3-24-17(22)18(19,20)16(13-7-5-4-6-8-13)21-14-9-11-15(23-2)12-10-14/h4-12,16,21H,3H2,1-2H3. The zero-order valence-corrected chi connectivity index (χ0v) is 15.0. The third-order valence-electron chi connectivity index (χ3n) is 3.44. The third-order valence-corrected chi connectivity index (χ3v) is 4.19. The number of carbonyl (C=O) groups is 1. The molecular formula is C18H19Cl2NO3. The molecule has 0 fully saturated rings. The number of anilines is 1. The van der Waals surface area contributed by atoms with E-state index in [0.29, 0.717) is 0 Å². The fourth-order valence-corrected chi connectivity index (χ4v) is 2.70. The van der Waals surface area contributed by atoms with Crippen molar-refractivity contribution in [1.29, 1.82) is 0 Å². The molecule has 1 atom stereocenters. The number of methoxy groups -OCH3 is 1. The lowest BCUT2D eigenvalue weighted by molar-refractivity contribution is -0.144. The van der Waals surface area contributed by atoms with Gasteiger partial charge in [-0.15, -0.1) is 0 Å². The van der Waals surface area contributed by atoms with Gasteiger partial charge < -0.3 is 14.8 Å². The topological polar surface area (TPSA) is 47.6 Å². The molecule has 128 valence electrons. The van der Waals surface area contributed by atoms with Crippen molar-refractivity contribution in [2.45, 2.75) is 17.3 Å². The molecule has 4 nitrogen and oxygen atoms in total. The van der Waals surface area contributed by atoms with Gasteiger partial charge in [0.15, 0.2) is 0 Å². The zero-order chi connectivity index (χ0) is 17.6. The monoisotopic (exact) mass is 367 g/mol. The van der Waals surface area contributed by atoms with Gasteiger partial charge in [-0.1, -0.05) is 53.5 Å². The number of hydrogen-bond acceptors (Lipinski definition) is 4. The molecule has 0 radical (unpaired) electrons. The maximum absolute atomic E-state index is 12.2. The van der Waals surface area contributed by atoms with Crippen LogP contribution in [0.3, 0.4) is 0 Å². The van der Waals surface area contributed by atoms with E-state index in [2.05, 4.69) is 5.32 Å². The van der Waals surface area contributed by atoms with Crippen molar-refractivity contribution in [3.05, 3.63) is 60.2 Å². The van der Waals surface area contributed by atoms with E-state index in [1.165, 1.54) is 0 Å². The van der Waals surface area contributed by atoms with Gasteiger partial charge in [-0.25, -0.2) is 4.79 Å². The molecular weight excluding hydrogens is 349 g/mol. The van der Waals surface area contributed by atoms with E-state index in [1.807, 2.05) is 42.5 Å². The minimum absolute atomic E-state index is 0.198. The van der Waals surface area contributed by atoms with Crippen LogP contribution in [-0.4, -0.2) is 24.0 Å². The molecule has 0 saturated carbocycles. The molecule has 0 saturated heterocycles. The number of carbonyl (C=O) groups excluding carboxylic acids is 1. The van der Waals surface area contributed by atoms with Crippen LogP contribution in [0, 0.1) is 0 Å². The van der Waals surface area contributed by atoms with E-state index in [9.17, 15) is 4.79 Å². The summed E-state index contributed by atoms with van der Waals surface area (Å²) in [5.74, 6) is 0.0356. The summed E-state index contributed by atoms with van der Waals surface area (Å²) in [7, 11) is 1.60. The maximum atomic E-state index is 12.2. The third kappa shape index (κ3) is 4.34. The molecule has 2 aromatic carbocycles. The first kappa shape index (κ1) is 18.4. The summed E-state index contributed by atoms with van der Waals surface area (Å²) in [6, 6.07) is 15.8. The van der Waals surface area contributed by atoms with Gasteiger partial charge in [0.05, 0.1) is 19.8 Å². The fraction of sp³-hybridized carbons (Fsp3) is 0.278. The largest absolute Gasteiger partial charge is 0.497 e. The minimum Gasteiger partial charge on any atom is -0.497 e. The average molecular weight is 368 g/mol. The van der Waals surface area contributed by atoms with Gasteiger partial charge in [-0.3, -0.25) is 0 Å². The normalized spacial score (nSPS) is 12.3. The smallest absolute Gasteiger partial charge is 0.345 e. The summed E-state index contributed by atoms with van der Waals surface area (Å²) < 4.78 is 8.38. The summed E-state index contributed by atoms with van der Waals surface area (Å²) in [5.41, 5.74) is 1.52. The van der Waals surface area contributed by atoms with Gasteiger partial charge in [0.25, 0.3) is 0 Å². The Bertz CT molecular complexity index is 660. The van der Waals surface area contributed by atoms with Crippen LogP contribution in [0.5, 0.6) is 5.75 Å². The quantitative estimate of drug-likeness (QED) is 0.574. The summed E-state index contributed by atoms with van der Waals surface area (Å²) in [4.78, 5) is 12.2. The molecule has 1 N–H and O–H groups in total. The van der Waals surface area contributed by atoms with Gasteiger partial charge in [-0.05, 0) is 36.8 Å². The molecule has 2 rings (SSSR count). The van der Waals surface area contributed by atoms with Crippen molar-refractivity contribution in [3.63, 3.8) is 0 Å². The number of rotatable bonds is 7. The molecule has 6 heteroatoms. The molecule has 0 amide bonds. The zero-order valence-electron chi connectivity index (χ0n) is 13.5. The molecule has 2 aromatic rings. The fourth-order valence-electron chi connectivity index (χ4n) is 2.23. The highest BCUT2D eigenvalue weighted by atomic mass is 35.5. The van der Waals surface area contributed by atoms with Crippen molar-refractivity contribution in [2.75, 3.05) is 19.0 Å². The second-order valence-corrected chi connectivity index (χ2v) is 6.45. The summed E-state index contributed by atoms with van der Waals surface area (Å²) >= 11 is 12.8. The molecule has 0 aliphatic rings. The first-order valence-corrected chi connectivity index (χ1v) is 8.25. The Labute approximate surface area is 151 Å². The highest BCUT2D eigenvalue weighted by Crippen LogP contribution is 2.39. The number of hydrogen-bond donors (Lipinski definition) is 1. The van der Waals surface area contributed by atoms with Crippen molar-refractivity contribution in [2.24, 2.45) is 0 Å². The van der Waals surface area contributed by atoms with Crippen molar-refractivity contribution < 1.29 is 14.3 Å². The minimum atomic E-state index is -1.78. The van der Waals surface area contributed by atoms with E-state index in [4.69, 9.17) is 32.7 Å². The molecule has 0 heterocycles. The average Bonchev–Trinajstić information content (AvgIpc) is 2.61. The van der Waals surface area contributed by atoms with Crippen molar-refractivity contribution >= 4 is 34.9 Å². The van der Waals surface area contributed by atoms with E-state index in [1.54, 1.807) is 26.2 Å². The Morgan fingerprint density at radius 1 is 1.12 bits per heavy atom. The summed E-state index contributed by atoms with van der Waals surface area (Å²) in [6.45, 7) is 1.90. The predicted molar refractivity (Wildman–Crippen MR) is 96.9 cm³/mol. The van der Waals surface area contributed by atoms with Gasteiger partial charge in [0, 0.05) is 5.69 Å². The van der Waals surface area contributed by atoms with E-state index in [0.717, 1.165) is 17.0 Å². The predicted octanol–water partition coefficient (Wildman–Crippen LogP) is 4.59. The van der Waals surface area contributed by atoms with E-state index in [-0.39, 0.29) is 6.61 Å². The number of halogens is 2. The SMILES string of the molecule is CCOC(=O)C(Cl)(Cl)C(Nc1ccc(OC)cc1)c1ccccc1. The lowest BCUT2D eigenvalue weighted by Gasteiger charge is -2.30. The van der Waals surface area contributed by atoms with Gasteiger partial charge in [-0.2, -0.15) is 0 Å². The molecule has 1 unspecified atom stereocenters. The van der Waals surface area contributed by atoms with Crippen LogP contribution in [0.15, 0.2) is 54.6 Å². The van der Waals surface area contributed by atoms with Crippen LogP contribution in [0.25, 0.3) is 0 Å². The molecule has 0 bridgehead atoms. The molecule has 0 spiro atoms. The van der Waals surface area contributed by atoms with E-state index < -0.39 is 16.3 Å². The second kappa shape index (κ2) is 8.27. The Morgan fingerprint density at radius 3 is 2.29 bits per heavy atom. The Hall–Kier alpha value is -1.91. The Morgan fingerprint density at radius 2 is 1.75 bits per heavy atom. The lowest BCUT2D eigenvalue weighted by Crippen LogP contribution is -2.39. The number of ether oxygens (including phenoxy) is 2. The van der Waals surface area contributed by atoms with E-state index >= 15 is 0 Å². The number of nitrogens with one attached hydrogen (secondary N) is 1. The van der Waals surface area contributed by atoms with Gasteiger partial charge in [0.2, 0.25) is 4.33 Å². The van der Waals surface area contributed by atoms with Crippen LogP contribution >= 0.6 is 23.2 Å². The summed E-state index contributed by atoms with van der Waals surface area (Å²) in [5, 5.41) is 3.21. The highest BCUT2D eigenvalue weighted by Gasteiger charge is 2.45. The second-order valence-electron chi connectivity index (χ2n) is 5.06. The molecule has 0 aliphatic carbocycles. The first-order valence-electron chi connectivity index (χ1n) is 7.49. The van der Waals surface area contributed by atoms with Gasteiger partial charge in [0.1, 0.15) is 5.75 Å². The molecule has 24 heavy (non-hydrogen) atoms. The first-order chi connectivity index (χ1) is 11.5. The Balaban J connectivity index is 2.34. The highest BCUT2D eigenvalue weighted by molar-refractivity contribution is 6.58. The van der Waals surface area contributed by atoms with Crippen LogP contribution in [0.2, 0.25) is 0 Å². The van der Waals surface area contributed by atoms with Crippen molar-refractivity contribution in [1.82, 2.24) is 0 Å².